The van der Waals surface area contributed by atoms with E-state index in [9.17, 15) is 0 Å². The average Bonchev–Trinajstić information content (AvgIpc) is 2.20. The van der Waals surface area contributed by atoms with Crippen LogP contribution in [0.25, 0.3) is 5.03 Å². The van der Waals surface area contributed by atoms with Crippen molar-refractivity contribution in [2.24, 2.45) is 0 Å². The van der Waals surface area contributed by atoms with E-state index in [1.54, 1.807) is 0 Å². The molecule has 0 fully saturated rings. The van der Waals surface area contributed by atoms with Gasteiger partial charge in [-0.1, -0.05) is 32.0 Å². The van der Waals surface area contributed by atoms with Gasteiger partial charge < -0.3 is 5.32 Å². The van der Waals surface area contributed by atoms with Crippen molar-refractivity contribution in [1.29, 1.82) is 0 Å². The predicted octanol–water partition coefficient (Wildman–Crippen LogP) is 1.09. The van der Waals surface area contributed by atoms with Crippen molar-refractivity contribution in [2.75, 3.05) is 5.32 Å². The second-order valence-corrected chi connectivity index (χ2v) is 3.33. The van der Waals surface area contributed by atoms with Crippen molar-refractivity contribution >= 4 is 33.9 Å². The van der Waals surface area contributed by atoms with Crippen LogP contribution in [-0.4, -0.2) is 5.50 Å². The Morgan fingerprint density at radius 1 is 1.27 bits per heavy atom. The predicted molar refractivity (Wildman–Crippen MR) is 63.6 cm³/mol. The summed E-state index contributed by atoms with van der Waals surface area (Å²) < 4.78 is 0. The minimum absolute atomic E-state index is 0. The summed E-state index contributed by atoms with van der Waals surface area (Å²) in [6.07, 6.45) is 2.87. The zero-order chi connectivity index (χ0) is 10.6. The van der Waals surface area contributed by atoms with Gasteiger partial charge in [-0.05, 0) is 5.69 Å². The molecule has 15 heavy (non-hydrogen) atoms. The Morgan fingerprint density at radius 2 is 1.87 bits per heavy atom. The molecule has 0 radical (unpaired) electrons. The number of hydrogen-bond acceptors (Lipinski definition) is 1. The van der Waals surface area contributed by atoms with E-state index in [1.807, 2.05) is 38.1 Å². The molecule has 1 aromatic carbocycles. The van der Waals surface area contributed by atoms with E-state index in [4.69, 9.17) is 23.2 Å². The molecule has 2 rings (SSSR count). The van der Waals surface area contributed by atoms with Crippen LogP contribution in [0.5, 0.6) is 0 Å². The summed E-state index contributed by atoms with van der Waals surface area (Å²) in [7, 11) is 0. The van der Waals surface area contributed by atoms with Gasteiger partial charge in [-0.15, -0.1) is 39.9 Å². The first-order chi connectivity index (χ1) is 6.77. The van der Waals surface area contributed by atoms with Crippen LogP contribution in [0.1, 0.15) is 19.4 Å². The molecule has 1 heterocycles. The molecule has 0 aromatic heterocycles. The fraction of sp³-hybridized carbons (Fsp3) is 0.273. The van der Waals surface area contributed by atoms with Crippen LogP contribution in [0.4, 0.5) is 5.69 Å². The normalized spacial score (nSPS) is 17.1. The quantitative estimate of drug-likeness (QED) is 0.315. The van der Waals surface area contributed by atoms with Crippen LogP contribution in [0.15, 0.2) is 24.3 Å². The first kappa shape index (κ1) is 15.3. The van der Waals surface area contributed by atoms with Crippen LogP contribution < -0.4 is 34.9 Å². The smallest absolute Gasteiger partial charge is 0.396 e. The van der Waals surface area contributed by atoms with Crippen molar-refractivity contribution in [2.45, 2.75) is 19.3 Å². The van der Waals surface area contributed by atoms with Crippen molar-refractivity contribution in [3.8, 4) is 0 Å². The molecule has 0 saturated carbocycles. The van der Waals surface area contributed by atoms with Crippen LogP contribution in [0.3, 0.4) is 0 Å². The van der Waals surface area contributed by atoms with Crippen LogP contribution in [0.2, 0.25) is 0 Å². The van der Waals surface area contributed by atoms with Gasteiger partial charge in [0, 0.05) is 5.50 Å². The molecule has 1 atom stereocenters. The van der Waals surface area contributed by atoms with Crippen molar-refractivity contribution in [3.63, 3.8) is 0 Å². The Balaban J connectivity index is 0.000000617. The van der Waals surface area contributed by atoms with Crippen LogP contribution >= 0.6 is 23.2 Å². The molecular formula is C11H12Cl2NNa. The molecule has 0 aliphatic carbocycles. The summed E-state index contributed by atoms with van der Waals surface area (Å²) in [5.41, 5.74) is 1.59. The Bertz CT molecular complexity index is 339. The topological polar surface area (TPSA) is 12.0 Å². The fourth-order valence-electron chi connectivity index (χ4n) is 1.16. The van der Waals surface area contributed by atoms with Crippen LogP contribution in [-0.2, 0) is 0 Å². The summed E-state index contributed by atoms with van der Waals surface area (Å²) in [5, 5.41) is 3.63. The minimum Gasteiger partial charge on any atom is -0.396 e. The number of alkyl halides is 1. The SMILES string of the molecule is CC.ClC1=[C-]C(Cl)Nc2ccccc21.[Na+]. The van der Waals surface area contributed by atoms with E-state index < -0.39 is 0 Å². The summed E-state index contributed by atoms with van der Waals surface area (Å²) in [6, 6.07) is 7.73. The van der Waals surface area contributed by atoms with Gasteiger partial charge in [0.05, 0.1) is 0 Å². The maximum atomic E-state index is 5.92. The van der Waals surface area contributed by atoms with E-state index >= 15 is 0 Å². The Morgan fingerprint density at radius 3 is 2.53 bits per heavy atom. The van der Waals surface area contributed by atoms with E-state index in [-0.39, 0.29) is 35.1 Å². The molecule has 1 aliphatic rings. The number of rotatable bonds is 0. The molecule has 1 N–H and O–H groups in total. The van der Waals surface area contributed by atoms with Gasteiger partial charge in [0.2, 0.25) is 0 Å². The fourth-order valence-corrected chi connectivity index (χ4v) is 1.72. The Hall–Kier alpha value is 0.340. The monoisotopic (exact) mass is 251 g/mol. The summed E-state index contributed by atoms with van der Waals surface area (Å²) in [4.78, 5) is 0. The number of anilines is 1. The van der Waals surface area contributed by atoms with E-state index in [0.717, 1.165) is 11.3 Å². The van der Waals surface area contributed by atoms with Gasteiger partial charge in [0.15, 0.2) is 0 Å². The molecular weight excluding hydrogens is 240 g/mol. The second-order valence-electron chi connectivity index (χ2n) is 2.51. The maximum absolute atomic E-state index is 5.92. The zero-order valence-corrected chi connectivity index (χ0v) is 12.7. The zero-order valence-electron chi connectivity index (χ0n) is 9.14. The standard InChI is InChI=1S/C9H6Cl2N.C2H6.Na/c10-7-5-9(11)12-8-4-2-1-3-6(7)8;1-2;/h1-4,9,12H;1-2H3;/q-1;;+1. The molecule has 0 saturated heterocycles. The molecule has 4 heteroatoms. The van der Waals surface area contributed by atoms with Crippen molar-refractivity contribution in [3.05, 3.63) is 35.9 Å². The van der Waals surface area contributed by atoms with Crippen LogP contribution in [0, 0.1) is 6.08 Å². The van der Waals surface area contributed by atoms with Gasteiger partial charge >= 0.3 is 29.6 Å². The van der Waals surface area contributed by atoms with Gasteiger partial charge in [-0.25, -0.2) is 6.08 Å². The molecule has 1 aromatic rings. The van der Waals surface area contributed by atoms with E-state index in [0.29, 0.717) is 5.03 Å². The van der Waals surface area contributed by atoms with Gasteiger partial charge in [0.1, 0.15) is 0 Å². The number of halogens is 2. The third kappa shape index (κ3) is 4.01. The first-order valence-corrected chi connectivity index (χ1v) is 5.38. The van der Waals surface area contributed by atoms with E-state index in [1.165, 1.54) is 0 Å². The Kier molecular flexibility index (Phi) is 7.76. The molecule has 0 amide bonds. The van der Waals surface area contributed by atoms with Crippen molar-refractivity contribution in [1.82, 2.24) is 0 Å². The number of benzene rings is 1. The van der Waals surface area contributed by atoms with Gasteiger partial charge in [-0.3, -0.25) is 0 Å². The number of fused-ring (bicyclic) bond motifs is 1. The largest absolute Gasteiger partial charge is 1.00 e. The van der Waals surface area contributed by atoms with Gasteiger partial charge in [0.25, 0.3) is 0 Å². The summed E-state index contributed by atoms with van der Waals surface area (Å²) >= 11 is 11.7. The molecule has 0 spiro atoms. The molecule has 76 valence electrons. The summed E-state index contributed by atoms with van der Waals surface area (Å²) in [5.74, 6) is 0. The number of nitrogens with one attached hydrogen (secondary N) is 1. The number of para-hydroxylation sites is 1. The van der Waals surface area contributed by atoms with Crippen molar-refractivity contribution < 1.29 is 29.6 Å². The van der Waals surface area contributed by atoms with Gasteiger partial charge in [-0.2, -0.15) is 0 Å². The third-order valence-corrected chi connectivity index (χ3v) is 2.23. The third-order valence-electron chi connectivity index (χ3n) is 1.70. The Labute approximate surface area is 123 Å². The molecule has 1 nitrogen and oxygen atoms in total. The summed E-state index contributed by atoms with van der Waals surface area (Å²) in [6.45, 7) is 4.00. The minimum atomic E-state index is -0.326. The number of hydrogen-bond donors (Lipinski definition) is 1. The first-order valence-electron chi connectivity index (χ1n) is 4.56. The molecule has 0 bridgehead atoms. The maximum Gasteiger partial charge on any atom is 1.00 e. The van der Waals surface area contributed by atoms with E-state index in [2.05, 4.69) is 11.4 Å². The molecule has 1 unspecified atom stereocenters. The second kappa shape index (κ2) is 7.59. The average molecular weight is 252 g/mol. The molecule has 1 aliphatic heterocycles.